The number of amides is 1. The van der Waals surface area contributed by atoms with Crippen molar-refractivity contribution in [2.24, 2.45) is 0 Å². The maximum Gasteiger partial charge on any atom is 0.320 e. The molecule has 0 spiro atoms. The molecule has 1 fully saturated rings. The Morgan fingerprint density at radius 3 is 2.52 bits per heavy atom. The lowest BCUT2D eigenvalue weighted by Gasteiger charge is -2.17. The first-order chi connectivity index (χ1) is 13.2. The van der Waals surface area contributed by atoms with Gasteiger partial charge in [0, 0.05) is 12.1 Å². The van der Waals surface area contributed by atoms with E-state index in [2.05, 4.69) is 21.8 Å². The topological polar surface area (TPSA) is 84.6 Å². The van der Waals surface area contributed by atoms with Crippen molar-refractivity contribution < 1.29 is 9.53 Å². The Kier molecular flexibility index (Phi) is 7.26. The molecule has 0 saturated carbocycles. The molecule has 2 N–H and O–H groups in total. The van der Waals surface area contributed by atoms with E-state index in [-0.39, 0.29) is 11.9 Å². The summed E-state index contributed by atoms with van der Waals surface area (Å²) in [5.74, 6) is 1.08. The maximum absolute atomic E-state index is 12.4. The van der Waals surface area contributed by atoms with Crippen molar-refractivity contribution in [1.29, 1.82) is 0 Å². The quantitative estimate of drug-likeness (QED) is 0.599. The number of anilines is 2. The zero-order valence-corrected chi connectivity index (χ0v) is 16.6. The van der Waals surface area contributed by atoms with E-state index < -0.39 is 0 Å². The lowest BCUT2D eigenvalue weighted by molar-refractivity contribution is -0.117. The normalized spacial score (nSPS) is 16.9. The summed E-state index contributed by atoms with van der Waals surface area (Å²) in [7, 11) is 0. The van der Waals surface area contributed by atoms with E-state index >= 15 is 0 Å². The van der Waals surface area contributed by atoms with E-state index in [0.29, 0.717) is 31.2 Å². The molecule has 0 unspecified atom stereocenters. The number of hydrogen-bond donors (Lipinski definition) is 1. The second-order valence-corrected chi connectivity index (χ2v) is 7.58. The van der Waals surface area contributed by atoms with Gasteiger partial charge in [0.25, 0.3) is 0 Å². The van der Waals surface area contributed by atoms with Gasteiger partial charge in [-0.2, -0.15) is 9.97 Å². The Hall–Kier alpha value is -1.89. The molecule has 0 aliphatic carbocycles. The van der Waals surface area contributed by atoms with Crippen LogP contribution in [0.1, 0.15) is 63.9 Å². The molecule has 2 aliphatic heterocycles. The summed E-state index contributed by atoms with van der Waals surface area (Å²) in [6, 6.07) is 0.282. The molecule has 1 saturated heterocycles. The molecular formula is C20H33N5O2. The molecule has 150 valence electrons. The van der Waals surface area contributed by atoms with Crippen LogP contribution in [-0.2, 0) is 11.2 Å². The average Bonchev–Trinajstić information content (AvgIpc) is 3.27. The minimum Gasteiger partial charge on any atom is -0.463 e. The summed E-state index contributed by atoms with van der Waals surface area (Å²) in [5.41, 5.74) is 6.79. The van der Waals surface area contributed by atoms with Gasteiger partial charge in [0.05, 0.1) is 13.0 Å². The minimum absolute atomic E-state index is 0.0637. The van der Waals surface area contributed by atoms with Crippen LogP contribution >= 0.6 is 0 Å². The van der Waals surface area contributed by atoms with Crippen molar-refractivity contribution in [1.82, 2.24) is 14.9 Å². The minimum atomic E-state index is 0.0637. The molecule has 1 amide bonds. The van der Waals surface area contributed by atoms with E-state index in [1.807, 2.05) is 0 Å². The Morgan fingerprint density at radius 2 is 1.78 bits per heavy atom. The standard InChI is InChI=1S/C20H33N5O2/c1-2-3-14-27-20-22-18(21)16-15-17(26)25(19(16)23-20)13-7-5-4-6-10-24-11-8-9-12-24/h2-15H2,1H3,(H2,21,22,23). The van der Waals surface area contributed by atoms with E-state index in [1.54, 1.807) is 4.90 Å². The van der Waals surface area contributed by atoms with Gasteiger partial charge >= 0.3 is 6.01 Å². The Bertz CT molecular complexity index is 631. The molecule has 0 atom stereocenters. The molecule has 3 heterocycles. The number of hydrogen-bond acceptors (Lipinski definition) is 6. The fourth-order valence-electron chi connectivity index (χ4n) is 3.79. The first-order valence-corrected chi connectivity index (χ1v) is 10.5. The molecule has 1 aromatic heterocycles. The number of fused-ring (bicyclic) bond motifs is 1. The van der Waals surface area contributed by atoms with E-state index in [0.717, 1.165) is 31.2 Å². The molecule has 0 bridgehead atoms. The summed E-state index contributed by atoms with van der Waals surface area (Å²) in [6.07, 6.45) is 9.57. The molecule has 0 aromatic carbocycles. The summed E-state index contributed by atoms with van der Waals surface area (Å²) in [5, 5.41) is 0. The lowest BCUT2D eigenvalue weighted by atomic mass is 10.2. The number of likely N-dealkylation sites (tertiary alicyclic amines) is 1. The number of carbonyl (C=O) groups excluding carboxylic acids is 1. The van der Waals surface area contributed by atoms with Crippen molar-refractivity contribution in [3.63, 3.8) is 0 Å². The molecule has 27 heavy (non-hydrogen) atoms. The zero-order chi connectivity index (χ0) is 19.1. The second-order valence-electron chi connectivity index (χ2n) is 7.58. The van der Waals surface area contributed by atoms with Gasteiger partial charge in [-0.25, -0.2) is 0 Å². The van der Waals surface area contributed by atoms with Gasteiger partial charge in [0.15, 0.2) is 0 Å². The molecule has 2 aliphatic rings. The largest absolute Gasteiger partial charge is 0.463 e. The number of aromatic nitrogens is 2. The molecule has 0 radical (unpaired) electrons. The van der Waals surface area contributed by atoms with Gasteiger partial charge in [0.2, 0.25) is 5.91 Å². The highest BCUT2D eigenvalue weighted by molar-refractivity contribution is 6.01. The van der Waals surface area contributed by atoms with Crippen LogP contribution in [0.4, 0.5) is 11.6 Å². The Balaban J connectivity index is 1.47. The van der Waals surface area contributed by atoms with Crippen LogP contribution in [0.15, 0.2) is 0 Å². The molecule has 7 nitrogen and oxygen atoms in total. The number of nitrogens with two attached hydrogens (primary N) is 1. The third-order valence-electron chi connectivity index (χ3n) is 5.42. The van der Waals surface area contributed by atoms with Crippen molar-refractivity contribution in [2.75, 3.05) is 43.4 Å². The highest BCUT2D eigenvalue weighted by Gasteiger charge is 2.31. The predicted octanol–water partition coefficient (Wildman–Crippen LogP) is 2.78. The van der Waals surface area contributed by atoms with E-state index in [4.69, 9.17) is 10.5 Å². The van der Waals surface area contributed by atoms with Crippen LogP contribution in [0.5, 0.6) is 6.01 Å². The van der Waals surface area contributed by atoms with Crippen molar-refractivity contribution >= 4 is 17.5 Å². The summed E-state index contributed by atoms with van der Waals surface area (Å²) in [4.78, 5) is 25.4. The summed E-state index contributed by atoms with van der Waals surface area (Å²) >= 11 is 0. The van der Waals surface area contributed by atoms with Gasteiger partial charge in [-0.15, -0.1) is 0 Å². The first-order valence-electron chi connectivity index (χ1n) is 10.5. The van der Waals surface area contributed by atoms with Crippen LogP contribution in [0.2, 0.25) is 0 Å². The maximum atomic E-state index is 12.4. The van der Waals surface area contributed by atoms with Crippen LogP contribution in [0.25, 0.3) is 0 Å². The predicted molar refractivity (Wildman–Crippen MR) is 107 cm³/mol. The lowest BCUT2D eigenvalue weighted by Crippen LogP contribution is -2.28. The Morgan fingerprint density at radius 1 is 1.04 bits per heavy atom. The first kappa shape index (κ1) is 19.9. The fraction of sp³-hybridized carbons (Fsp3) is 0.750. The Labute approximate surface area is 162 Å². The fourth-order valence-corrected chi connectivity index (χ4v) is 3.79. The van der Waals surface area contributed by atoms with Gasteiger partial charge in [0.1, 0.15) is 11.6 Å². The van der Waals surface area contributed by atoms with Crippen LogP contribution in [-0.4, -0.2) is 53.6 Å². The van der Waals surface area contributed by atoms with Gasteiger partial charge in [-0.05, 0) is 51.7 Å². The van der Waals surface area contributed by atoms with E-state index in [9.17, 15) is 4.79 Å². The van der Waals surface area contributed by atoms with Crippen molar-refractivity contribution in [3.8, 4) is 6.01 Å². The van der Waals surface area contributed by atoms with Crippen LogP contribution < -0.4 is 15.4 Å². The average molecular weight is 376 g/mol. The van der Waals surface area contributed by atoms with Gasteiger partial charge in [-0.3, -0.25) is 9.69 Å². The highest BCUT2D eigenvalue weighted by atomic mass is 16.5. The highest BCUT2D eigenvalue weighted by Crippen LogP contribution is 2.32. The SMILES string of the molecule is CCCCOc1nc(N)c2c(n1)N(CCCCCCN1CCCC1)C(=O)C2. The number of unbranched alkanes of at least 4 members (excludes halogenated alkanes) is 4. The van der Waals surface area contributed by atoms with Crippen molar-refractivity contribution in [2.45, 2.75) is 64.7 Å². The molecular weight excluding hydrogens is 342 g/mol. The monoisotopic (exact) mass is 375 g/mol. The second kappa shape index (κ2) is 9.88. The molecule has 1 aromatic rings. The van der Waals surface area contributed by atoms with Crippen LogP contribution in [0, 0.1) is 0 Å². The number of nitrogen functional groups attached to an aromatic ring is 1. The smallest absolute Gasteiger partial charge is 0.320 e. The molecule has 7 heteroatoms. The third kappa shape index (κ3) is 5.31. The van der Waals surface area contributed by atoms with Gasteiger partial charge < -0.3 is 15.4 Å². The van der Waals surface area contributed by atoms with Crippen molar-refractivity contribution in [3.05, 3.63) is 5.56 Å². The van der Waals surface area contributed by atoms with Gasteiger partial charge in [-0.1, -0.05) is 26.2 Å². The number of rotatable bonds is 11. The summed E-state index contributed by atoms with van der Waals surface area (Å²) < 4.78 is 5.60. The number of carbonyl (C=O) groups is 1. The van der Waals surface area contributed by atoms with E-state index in [1.165, 1.54) is 45.3 Å². The molecule has 3 rings (SSSR count). The summed E-state index contributed by atoms with van der Waals surface area (Å²) in [6.45, 7) is 7.12. The third-order valence-corrected chi connectivity index (χ3v) is 5.42. The zero-order valence-electron chi connectivity index (χ0n) is 16.6. The van der Waals surface area contributed by atoms with Crippen LogP contribution in [0.3, 0.4) is 0 Å². The number of ether oxygens (including phenoxy) is 1. The number of nitrogens with zero attached hydrogens (tertiary/aromatic N) is 4.